The minimum Gasteiger partial charge on any atom is -0.465 e. The van der Waals surface area contributed by atoms with Crippen LogP contribution in [0.25, 0.3) is 0 Å². The molecule has 8 heteroatoms. The third kappa shape index (κ3) is 3.48. The fraction of sp³-hybridized carbons (Fsp3) is 0.176. The van der Waals surface area contributed by atoms with Gasteiger partial charge in [-0.25, -0.2) is 13.2 Å². The van der Waals surface area contributed by atoms with E-state index in [2.05, 4.69) is 10.1 Å². The Labute approximate surface area is 145 Å². The third-order valence-electron chi connectivity index (χ3n) is 3.79. The molecular weight excluding hydrogens is 344 g/mol. The van der Waals surface area contributed by atoms with Gasteiger partial charge in [-0.2, -0.15) is 0 Å². The van der Waals surface area contributed by atoms with E-state index in [1.807, 2.05) is 0 Å². The molecule has 0 saturated carbocycles. The van der Waals surface area contributed by atoms with E-state index in [4.69, 9.17) is 0 Å². The van der Waals surface area contributed by atoms with Crippen molar-refractivity contribution >= 4 is 33.3 Å². The first-order valence-electron chi connectivity index (χ1n) is 7.47. The van der Waals surface area contributed by atoms with Crippen LogP contribution in [0.1, 0.15) is 15.9 Å². The van der Waals surface area contributed by atoms with Gasteiger partial charge in [0.2, 0.25) is 15.9 Å². The number of methoxy groups -OCH3 is 1. The minimum atomic E-state index is -3.77. The highest BCUT2D eigenvalue weighted by Crippen LogP contribution is 2.31. The number of esters is 1. The fourth-order valence-electron chi connectivity index (χ4n) is 2.59. The van der Waals surface area contributed by atoms with Crippen LogP contribution in [0, 0.1) is 0 Å². The number of rotatable bonds is 4. The average Bonchev–Trinajstić information content (AvgIpc) is 2.60. The van der Waals surface area contributed by atoms with Gasteiger partial charge in [0.15, 0.2) is 0 Å². The zero-order chi connectivity index (χ0) is 18.0. The maximum Gasteiger partial charge on any atom is 0.337 e. The van der Waals surface area contributed by atoms with Gasteiger partial charge in [-0.05, 0) is 29.8 Å². The predicted molar refractivity (Wildman–Crippen MR) is 92.8 cm³/mol. The lowest BCUT2D eigenvalue weighted by atomic mass is 10.1. The van der Waals surface area contributed by atoms with Crippen molar-refractivity contribution < 1.29 is 22.7 Å². The van der Waals surface area contributed by atoms with Gasteiger partial charge in [-0.15, -0.1) is 0 Å². The van der Waals surface area contributed by atoms with Crippen molar-refractivity contribution in [1.82, 2.24) is 0 Å². The van der Waals surface area contributed by atoms with Gasteiger partial charge in [-0.3, -0.25) is 9.10 Å². The topological polar surface area (TPSA) is 92.8 Å². The molecule has 1 heterocycles. The highest BCUT2D eigenvalue weighted by atomic mass is 32.2. The Morgan fingerprint density at radius 3 is 2.52 bits per heavy atom. The first-order chi connectivity index (χ1) is 11.9. The molecule has 0 fully saturated rings. The number of carbonyl (C=O) groups is 2. The van der Waals surface area contributed by atoms with E-state index in [-0.39, 0.29) is 18.2 Å². The monoisotopic (exact) mass is 360 g/mol. The molecule has 0 atom stereocenters. The molecule has 0 radical (unpaired) electrons. The minimum absolute atomic E-state index is 0.264. The van der Waals surface area contributed by atoms with Crippen LogP contribution in [-0.2, 0) is 25.3 Å². The molecule has 130 valence electrons. The second-order valence-electron chi connectivity index (χ2n) is 5.52. The summed E-state index contributed by atoms with van der Waals surface area (Å²) in [5, 5.41) is 2.66. The molecule has 1 aliphatic heterocycles. The number of benzene rings is 2. The van der Waals surface area contributed by atoms with E-state index < -0.39 is 16.0 Å². The highest BCUT2D eigenvalue weighted by molar-refractivity contribution is 7.92. The summed E-state index contributed by atoms with van der Waals surface area (Å²) in [6.45, 7) is -0.264. The molecule has 2 aromatic carbocycles. The van der Waals surface area contributed by atoms with E-state index in [9.17, 15) is 18.0 Å². The Morgan fingerprint density at radius 1 is 1.16 bits per heavy atom. The first-order valence-corrected chi connectivity index (χ1v) is 9.08. The molecule has 0 bridgehead atoms. The predicted octanol–water partition coefficient (Wildman–Crippen LogP) is 1.76. The van der Waals surface area contributed by atoms with E-state index in [0.29, 0.717) is 22.5 Å². The molecule has 7 nitrogen and oxygen atoms in total. The van der Waals surface area contributed by atoms with E-state index in [1.54, 1.807) is 36.4 Å². The quantitative estimate of drug-likeness (QED) is 0.839. The standard InChI is InChI=1S/C17H16N2O5S/c1-24-17(21)13-8-6-12(7-9-13)11-25(22,23)19-10-16(20)18-14-4-2-3-5-15(14)19/h2-9H,10-11H2,1H3,(H,18,20). The molecule has 2 aromatic rings. The highest BCUT2D eigenvalue weighted by Gasteiger charge is 2.31. The van der Waals surface area contributed by atoms with Gasteiger partial charge < -0.3 is 10.1 Å². The van der Waals surface area contributed by atoms with Crippen molar-refractivity contribution in [3.63, 3.8) is 0 Å². The summed E-state index contributed by atoms with van der Waals surface area (Å²) in [4.78, 5) is 23.3. The van der Waals surface area contributed by atoms with Gasteiger partial charge in [0, 0.05) is 0 Å². The summed E-state index contributed by atoms with van der Waals surface area (Å²) in [5.74, 6) is -1.16. The Bertz CT molecular complexity index is 922. The van der Waals surface area contributed by atoms with Gasteiger partial charge in [-0.1, -0.05) is 24.3 Å². The molecule has 1 aliphatic rings. The molecule has 0 aliphatic carbocycles. The van der Waals surface area contributed by atoms with Crippen LogP contribution in [0.2, 0.25) is 0 Å². The number of para-hydroxylation sites is 2. The van der Waals surface area contributed by atoms with Crippen molar-refractivity contribution in [2.45, 2.75) is 5.75 Å². The van der Waals surface area contributed by atoms with Gasteiger partial charge >= 0.3 is 5.97 Å². The van der Waals surface area contributed by atoms with Crippen LogP contribution >= 0.6 is 0 Å². The number of hydrogen-bond donors (Lipinski definition) is 1. The number of hydrogen-bond acceptors (Lipinski definition) is 5. The van der Waals surface area contributed by atoms with Crippen molar-refractivity contribution in [3.05, 3.63) is 59.7 Å². The summed E-state index contributed by atoms with van der Waals surface area (Å²) in [5.41, 5.74) is 1.75. The Kier molecular flexibility index (Phi) is 4.45. The molecule has 0 saturated heterocycles. The molecule has 1 N–H and O–H groups in total. The van der Waals surface area contributed by atoms with E-state index in [0.717, 1.165) is 4.31 Å². The molecule has 0 unspecified atom stereocenters. The Balaban J connectivity index is 1.87. The van der Waals surface area contributed by atoms with Crippen LogP contribution in [0.4, 0.5) is 11.4 Å². The molecule has 1 amide bonds. The van der Waals surface area contributed by atoms with E-state index >= 15 is 0 Å². The normalized spacial score (nSPS) is 13.8. The second-order valence-corrected chi connectivity index (χ2v) is 7.41. The lowest BCUT2D eigenvalue weighted by Crippen LogP contribution is -2.42. The zero-order valence-corrected chi connectivity index (χ0v) is 14.2. The van der Waals surface area contributed by atoms with Crippen LogP contribution in [0.15, 0.2) is 48.5 Å². The largest absolute Gasteiger partial charge is 0.465 e. The maximum atomic E-state index is 12.8. The van der Waals surface area contributed by atoms with Crippen LogP contribution in [0.5, 0.6) is 0 Å². The number of carbonyl (C=O) groups excluding carboxylic acids is 2. The third-order valence-corrected chi connectivity index (χ3v) is 5.49. The van der Waals surface area contributed by atoms with E-state index in [1.165, 1.54) is 19.2 Å². The molecule has 25 heavy (non-hydrogen) atoms. The van der Waals surface area contributed by atoms with Crippen molar-refractivity contribution in [1.29, 1.82) is 0 Å². The molecular formula is C17H16N2O5S. The van der Waals surface area contributed by atoms with Crippen molar-refractivity contribution in [2.75, 3.05) is 23.3 Å². The second kappa shape index (κ2) is 6.56. The molecule has 0 spiro atoms. The summed E-state index contributed by atoms with van der Waals surface area (Å²) in [6.07, 6.45) is 0. The number of ether oxygens (including phenoxy) is 1. The smallest absolute Gasteiger partial charge is 0.337 e. The summed E-state index contributed by atoms with van der Waals surface area (Å²) < 4.78 is 31.3. The lowest BCUT2D eigenvalue weighted by Gasteiger charge is -2.30. The summed E-state index contributed by atoms with van der Waals surface area (Å²) >= 11 is 0. The first kappa shape index (κ1) is 17.0. The van der Waals surface area contributed by atoms with Crippen LogP contribution < -0.4 is 9.62 Å². The van der Waals surface area contributed by atoms with Crippen LogP contribution in [0.3, 0.4) is 0 Å². The van der Waals surface area contributed by atoms with Gasteiger partial charge in [0.25, 0.3) is 0 Å². The number of nitrogens with one attached hydrogen (secondary N) is 1. The Hall–Kier alpha value is -2.87. The van der Waals surface area contributed by atoms with Crippen molar-refractivity contribution in [3.8, 4) is 0 Å². The number of sulfonamides is 1. The van der Waals surface area contributed by atoms with Gasteiger partial charge in [0.05, 0.1) is 29.8 Å². The summed E-state index contributed by atoms with van der Waals surface area (Å²) in [6, 6.07) is 12.9. The number of nitrogens with zero attached hydrogens (tertiary/aromatic N) is 1. The van der Waals surface area contributed by atoms with Crippen LogP contribution in [-0.4, -0.2) is 33.9 Å². The van der Waals surface area contributed by atoms with Gasteiger partial charge in [0.1, 0.15) is 6.54 Å². The number of fused-ring (bicyclic) bond motifs is 1. The summed E-state index contributed by atoms with van der Waals surface area (Å²) in [7, 11) is -2.49. The average molecular weight is 360 g/mol. The SMILES string of the molecule is COC(=O)c1ccc(CS(=O)(=O)N2CC(=O)Nc3ccccc32)cc1. The zero-order valence-electron chi connectivity index (χ0n) is 13.4. The number of anilines is 2. The lowest BCUT2D eigenvalue weighted by molar-refractivity contribution is -0.115. The maximum absolute atomic E-state index is 12.8. The van der Waals surface area contributed by atoms with Crippen molar-refractivity contribution in [2.24, 2.45) is 0 Å². The number of amides is 1. The fourth-order valence-corrected chi connectivity index (χ4v) is 4.14. The molecule has 3 rings (SSSR count). The Morgan fingerprint density at radius 2 is 1.84 bits per heavy atom. The molecule has 0 aromatic heterocycles.